The standard InChI is InChI=1S/C16H12F3NO2/c17-16(18,19)14-7-3-11(4-8-14)9-20-15(22)13-5-1-12(10-21)2-6-13/h1-8,10H,9H2,(H,20,22). The predicted octanol–water partition coefficient (Wildman–Crippen LogP) is 3.45. The lowest BCUT2D eigenvalue weighted by Gasteiger charge is -2.08. The highest BCUT2D eigenvalue weighted by molar-refractivity contribution is 5.94. The van der Waals surface area contributed by atoms with Crippen molar-refractivity contribution in [2.24, 2.45) is 0 Å². The molecule has 0 aliphatic rings. The summed E-state index contributed by atoms with van der Waals surface area (Å²) in [6, 6.07) is 10.6. The van der Waals surface area contributed by atoms with E-state index >= 15 is 0 Å². The Balaban J connectivity index is 1.97. The van der Waals surface area contributed by atoms with Crippen LogP contribution in [0.2, 0.25) is 0 Å². The molecule has 0 bridgehead atoms. The van der Waals surface area contributed by atoms with Crippen molar-refractivity contribution in [1.29, 1.82) is 0 Å². The Hall–Kier alpha value is -2.63. The van der Waals surface area contributed by atoms with Crippen LogP contribution < -0.4 is 5.32 Å². The molecule has 0 unspecified atom stereocenters. The summed E-state index contributed by atoms with van der Waals surface area (Å²) in [5, 5.41) is 2.60. The molecule has 1 amide bonds. The van der Waals surface area contributed by atoms with Crippen molar-refractivity contribution in [3.05, 3.63) is 70.8 Å². The van der Waals surface area contributed by atoms with Crippen LogP contribution in [0.1, 0.15) is 31.8 Å². The fraction of sp³-hybridized carbons (Fsp3) is 0.125. The summed E-state index contributed by atoms with van der Waals surface area (Å²) in [5.41, 5.74) is 0.662. The zero-order chi connectivity index (χ0) is 16.2. The topological polar surface area (TPSA) is 46.2 Å². The van der Waals surface area contributed by atoms with Crippen molar-refractivity contribution >= 4 is 12.2 Å². The molecule has 114 valence electrons. The van der Waals surface area contributed by atoms with Crippen LogP contribution in [0.5, 0.6) is 0 Å². The van der Waals surface area contributed by atoms with Crippen molar-refractivity contribution < 1.29 is 22.8 Å². The minimum absolute atomic E-state index is 0.117. The van der Waals surface area contributed by atoms with Crippen LogP contribution in [0.3, 0.4) is 0 Å². The lowest BCUT2D eigenvalue weighted by molar-refractivity contribution is -0.137. The first-order valence-electron chi connectivity index (χ1n) is 6.40. The van der Waals surface area contributed by atoms with Crippen LogP contribution in [0.15, 0.2) is 48.5 Å². The number of carbonyl (C=O) groups is 2. The number of alkyl halides is 3. The molecule has 0 aliphatic heterocycles. The van der Waals surface area contributed by atoms with E-state index in [4.69, 9.17) is 0 Å². The number of hydrogen-bond acceptors (Lipinski definition) is 2. The molecule has 1 N–H and O–H groups in total. The second-order valence-corrected chi connectivity index (χ2v) is 4.62. The van der Waals surface area contributed by atoms with Gasteiger partial charge in [-0.2, -0.15) is 13.2 Å². The van der Waals surface area contributed by atoms with Gasteiger partial charge >= 0.3 is 6.18 Å². The highest BCUT2D eigenvalue weighted by Crippen LogP contribution is 2.29. The van der Waals surface area contributed by atoms with Crippen molar-refractivity contribution in [3.63, 3.8) is 0 Å². The van der Waals surface area contributed by atoms with E-state index in [9.17, 15) is 22.8 Å². The molecule has 0 spiro atoms. The number of carbonyl (C=O) groups excluding carboxylic acids is 2. The smallest absolute Gasteiger partial charge is 0.348 e. The first-order chi connectivity index (χ1) is 10.4. The van der Waals surface area contributed by atoms with E-state index in [1.807, 2.05) is 0 Å². The number of aldehydes is 1. The Bertz CT molecular complexity index is 661. The second-order valence-electron chi connectivity index (χ2n) is 4.62. The average molecular weight is 307 g/mol. The van der Waals surface area contributed by atoms with Gasteiger partial charge in [-0.1, -0.05) is 24.3 Å². The Labute approximate surface area is 124 Å². The predicted molar refractivity (Wildman–Crippen MR) is 74.4 cm³/mol. The quantitative estimate of drug-likeness (QED) is 0.879. The molecule has 0 fully saturated rings. The molecule has 0 saturated heterocycles. The van der Waals surface area contributed by atoms with Crippen LogP contribution in [0, 0.1) is 0 Å². The summed E-state index contributed by atoms with van der Waals surface area (Å²) in [4.78, 5) is 22.4. The molecule has 0 aromatic heterocycles. The summed E-state index contributed by atoms with van der Waals surface area (Å²) in [6.45, 7) is 0.117. The number of amides is 1. The Kier molecular flexibility index (Phi) is 4.60. The first kappa shape index (κ1) is 15.8. The molecule has 0 aliphatic carbocycles. The summed E-state index contributed by atoms with van der Waals surface area (Å²) < 4.78 is 37.3. The van der Waals surface area contributed by atoms with E-state index in [0.717, 1.165) is 12.1 Å². The van der Waals surface area contributed by atoms with E-state index < -0.39 is 11.7 Å². The average Bonchev–Trinajstić information content (AvgIpc) is 2.52. The fourth-order valence-corrected chi connectivity index (χ4v) is 1.81. The third kappa shape index (κ3) is 3.94. The number of rotatable bonds is 4. The molecule has 2 aromatic rings. The summed E-state index contributed by atoms with van der Waals surface area (Å²) in [6.07, 6.45) is -3.70. The summed E-state index contributed by atoms with van der Waals surface area (Å²) >= 11 is 0. The van der Waals surface area contributed by atoms with Crippen molar-refractivity contribution in [3.8, 4) is 0 Å². The van der Waals surface area contributed by atoms with Gasteiger partial charge in [0.1, 0.15) is 6.29 Å². The lowest BCUT2D eigenvalue weighted by Crippen LogP contribution is -2.22. The number of benzene rings is 2. The second kappa shape index (κ2) is 6.43. The zero-order valence-corrected chi connectivity index (χ0v) is 11.4. The van der Waals surface area contributed by atoms with Gasteiger partial charge < -0.3 is 5.32 Å². The normalized spacial score (nSPS) is 11.0. The van der Waals surface area contributed by atoms with Gasteiger partial charge in [0.25, 0.3) is 5.91 Å². The molecule has 3 nitrogen and oxygen atoms in total. The summed E-state index contributed by atoms with van der Waals surface area (Å²) in [5.74, 6) is -0.364. The number of halogens is 3. The van der Waals surface area contributed by atoms with Crippen molar-refractivity contribution in [2.75, 3.05) is 0 Å². The molecule has 0 saturated carbocycles. The first-order valence-corrected chi connectivity index (χ1v) is 6.40. The highest BCUT2D eigenvalue weighted by Gasteiger charge is 2.29. The molecular formula is C16H12F3NO2. The van der Waals surface area contributed by atoms with Crippen LogP contribution in [-0.2, 0) is 12.7 Å². The summed E-state index contributed by atoms with van der Waals surface area (Å²) in [7, 11) is 0. The monoisotopic (exact) mass is 307 g/mol. The van der Waals surface area contributed by atoms with Gasteiger partial charge in [0.2, 0.25) is 0 Å². The van der Waals surface area contributed by atoms with Gasteiger partial charge in [-0.3, -0.25) is 9.59 Å². The maximum Gasteiger partial charge on any atom is 0.416 e. The Morgan fingerprint density at radius 3 is 2.09 bits per heavy atom. The van der Waals surface area contributed by atoms with Gasteiger partial charge in [0.15, 0.2) is 0 Å². The van der Waals surface area contributed by atoms with Gasteiger partial charge in [0.05, 0.1) is 5.56 Å². The molecule has 22 heavy (non-hydrogen) atoms. The van der Waals surface area contributed by atoms with E-state index in [2.05, 4.69) is 5.32 Å². The van der Waals surface area contributed by atoms with Crippen LogP contribution in [0.25, 0.3) is 0 Å². The Morgan fingerprint density at radius 1 is 1.00 bits per heavy atom. The lowest BCUT2D eigenvalue weighted by atomic mass is 10.1. The van der Waals surface area contributed by atoms with E-state index in [1.165, 1.54) is 36.4 Å². The van der Waals surface area contributed by atoms with E-state index in [0.29, 0.717) is 23.0 Å². The van der Waals surface area contributed by atoms with Crippen LogP contribution in [-0.4, -0.2) is 12.2 Å². The fourth-order valence-electron chi connectivity index (χ4n) is 1.81. The van der Waals surface area contributed by atoms with Crippen molar-refractivity contribution in [1.82, 2.24) is 5.32 Å². The van der Waals surface area contributed by atoms with E-state index in [-0.39, 0.29) is 12.5 Å². The van der Waals surface area contributed by atoms with Crippen molar-refractivity contribution in [2.45, 2.75) is 12.7 Å². The molecule has 0 heterocycles. The molecule has 6 heteroatoms. The van der Waals surface area contributed by atoms with Gasteiger partial charge in [-0.05, 0) is 29.8 Å². The zero-order valence-electron chi connectivity index (χ0n) is 11.4. The van der Waals surface area contributed by atoms with Crippen LogP contribution in [0.4, 0.5) is 13.2 Å². The number of nitrogens with one attached hydrogen (secondary N) is 1. The molecule has 2 aromatic carbocycles. The maximum atomic E-state index is 12.4. The number of hydrogen-bond donors (Lipinski definition) is 1. The minimum atomic E-state index is -4.37. The SMILES string of the molecule is O=Cc1ccc(C(=O)NCc2ccc(C(F)(F)F)cc2)cc1. The van der Waals surface area contributed by atoms with Gasteiger partial charge in [-0.15, -0.1) is 0 Å². The Morgan fingerprint density at radius 2 is 1.59 bits per heavy atom. The third-order valence-electron chi connectivity index (χ3n) is 3.04. The van der Waals surface area contributed by atoms with Gasteiger partial charge in [0, 0.05) is 17.7 Å². The molecule has 0 atom stereocenters. The molecule has 0 radical (unpaired) electrons. The highest BCUT2D eigenvalue weighted by atomic mass is 19.4. The minimum Gasteiger partial charge on any atom is -0.348 e. The van der Waals surface area contributed by atoms with E-state index in [1.54, 1.807) is 0 Å². The molecular weight excluding hydrogens is 295 g/mol. The van der Waals surface area contributed by atoms with Gasteiger partial charge in [-0.25, -0.2) is 0 Å². The van der Waals surface area contributed by atoms with Crippen LogP contribution >= 0.6 is 0 Å². The maximum absolute atomic E-state index is 12.4. The largest absolute Gasteiger partial charge is 0.416 e. The third-order valence-corrected chi connectivity index (χ3v) is 3.04. The molecule has 2 rings (SSSR count).